The van der Waals surface area contributed by atoms with E-state index in [0.717, 1.165) is 0 Å². The number of hydrogen-bond acceptors (Lipinski definition) is 4. The molecule has 0 radical (unpaired) electrons. The maximum Gasteiger partial charge on any atom is 0.243 e. The summed E-state index contributed by atoms with van der Waals surface area (Å²) in [6, 6.07) is 6.11. The van der Waals surface area contributed by atoms with E-state index in [2.05, 4.69) is 5.32 Å². The van der Waals surface area contributed by atoms with E-state index < -0.39 is 10.0 Å². The van der Waals surface area contributed by atoms with Crippen molar-refractivity contribution in [3.8, 4) is 0 Å². The first-order valence-electron chi connectivity index (χ1n) is 6.52. The number of amides is 1. The number of nitrogens with zero attached hydrogens (tertiary/aromatic N) is 1. The van der Waals surface area contributed by atoms with Gasteiger partial charge in [-0.2, -0.15) is 4.31 Å². The van der Waals surface area contributed by atoms with E-state index >= 15 is 0 Å². The first-order valence-corrected chi connectivity index (χ1v) is 7.96. The van der Waals surface area contributed by atoms with Crippen LogP contribution in [0.5, 0.6) is 0 Å². The lowest BCUT2D eigenvalue weighted by Gasteiger charge is -2.30. The zero-order valence-electron chi connectivity index (χ0n) is 11.4. The summed E-state index contributed by atoms with van der Waals surface area (Å²) in [5.41, 5.74) is 6.09. The van der Waals surface area contributed by atoms with Gasteiger partial charge in [0.25, 0.3) is 0 Å². The van der Waals surface area contributed by atoms with Crippen molar-refractivity contribution in [2.24, 2.45) is 5.92 Å². The van der Waals surface area contributed by atoms with Crippen LogP contribution in [0.1, 0.15) is 12.8 Å². The molecule has 0 aliphatic carbocycles. The molecule has 20 heavy (non-hydrogen) atoms. The van der Waals surface area contributed by atoms with Crippen molar-refractivity contribution >= 4 is 21.6 Å². The number of nitrogens with two attached hydrogens (primary N) is 1. The van der Waals surface area contributed by atoms with Crippen LogP contribution < -0.4 is 11.1 Å². The molecule has 1 aromatic carbocycles. The lowest BCUT2D eigenvalue weighted by Crippen LogP contribution is -2.44. The van der Waals surface area contributed by atoms with Gasteiger partial charge < -0.3 is 11.1 Å². The minimum Gasteiger partial charge on any atom is -0.399 e. The van der Waals surface area contributed by atoms with E-state index in [9.17, 15) is 13.2 Å². The zero-order valence-corrected chi connectivity index (χ0v) is 12.2. The SMILES string of the molecule is CNC(=O)C1CCCN(S(=O)(=O)c2ccc(N)cc2)C1. The molecule has 1 saturated heterocycles. The summed E-state index contributed by atoms with van der Waals surface area (Å²) < 4.78 is 26.4. The van der Waals surface area contributed by atoms with Gasteiger partial charge in [0.1, 0.15) is 0 Å². The molecular weight excluding hydrogens is 278 g/mol. The molecule has 1 fully saturated rings. The van der Waals surface area contributed by atoms with Crippen LogP contribution in [0.15, 0.2) is 29.2 Å². The number of piperidine rings is 1. The van der Waals surface area contributed by atoms with Crippen LogP contribution in [0.4, 0.5) is 5.69 Å². The van der Waals surface area contributed by atoms with Crippen LogP contribution >= 0.6 is 0 Å². The second kappa shape index (κ2) is 5.80. The highest BCUT2D eigenvalue weighted by Crippen LogP contribution is 2.24. The quantitative estimate of drug-likeness (QED) is 0.791. The van der Waals surface area contributed by atoms with Crippen molar-refractivity contribution in [1.82, 2.24) is 9.62 Å². The van der Waals surface area contributed by atoms with Gasteiger partial charge >= 0.3 is 0 Å². The summed E-state index contributed by atoms with van der Waals surface area (Å²) in [5, 5.41) is 2.58. The first-order chi connectivity index (χ1) is 9.45. The summed E-state index contributed by atoms with van der Waals surface area (Å²) in [4.78, 5) is 11.9. The first kappa shape index (κ1) is 14.8. The normalized spacial score (nSPS) is 20.6. The van der Waals surface area contributed by atoms with Gasteiger partial charge in [-0.05, 0) is 37.1 Å². The van der Waals surface area contributed by atoms with Crippen molar-refractivity contribution in [3.63, 3.8) is 0 Å². The number of carbonyl (C=O) groups is 1. The van der Waals surface area contributed by atoms with Crippen molar-refractivity contribution in [1.29, 1.82) is 0 Å². The Kier molecular flexibility index (Phi) is 4.29. The minimum absolute atomic E-state index is 0.109. The number of anilines is 1. The van der Waals surface area contributed by atoms with Gasteiger partial charge in [-0.25, -0.2) is 8.42 Å². The Hall–Kier alpha value is -1.60. The molecule has 0 aromatic heterocycles. The number of nitrogen functional groups attached to an aromatic ring is 1. The van der Waals surface area contributed by atoms with E-state index in [-0.39, 0.29) is 23.3 Å². The van der Waals surface area contributed by atoms with Gasteiger partial charge in [0.15, 0.2) is 0 Å². The lowest BCUT2D eigenvalue weighted by atomic mass is 9.99. The van der Waals surface area contributed by atoms with Crippen molar-refractivity contribution in [2.75, 3.05) is 25.9 Å². The Bertz CT molecular complexity index is 583. The lowest BCUT2D eigenvalue weighted by molar-refractivity contribution is -0.125. The van der Waals surface area contributed by atoms with Crippen molar-refractivity contribution < 1.29 is 13.2 Å². The van der Waals surface area contributed by atoms with Gasteiger partial charge in [0, 0.05) is 25.8 Å². The van der Waals surface area contributed by atoms with Gasteiger partial charge in [-0.3, -0.25) is 4.79 Å². The fourth-order valence-electron chi connectivity index (χ4n) is 2.37. The highest BCUT2D eigenvalue weighted by atomic mass is 32.2. The minimum atomic E-state index is -3.56. The average molecular weight is 297 g/mol. The Balaban J connectivity index is 2.21. The molecular formula is C13H19N3O3S. The largest absolute Gasteiger partial charge is 0.399 e. The summed E-state index contributed by atoms with van der Waals surface area (Å²) >= 11 is 0. The third kappa shape index (κ3) is 2.94. The molecule has 1 unspecified atom stereocenters. The molecule has 1 aliphatic rings. The Labute approximate surface area is 119 Å². The van der Waals surface area contributed by atoms with Crippen molar-refractivity contribution in [2.45, 2.75) is 17.7 Å². The summed E-state index contributed by atoms with van der Waals surface area (Å²) in [5.74, 6) is -0.389. The molecule has 0 bridgehead atoms. The number of benzene rings is 1. The van der Waals surface area contributed by atoms with E-state index in [1.54, 1.807) is 19.2 Å². The van der Waals surface area contributed by atoms with Crippen LogP contribution in [-0.2, 0) is 14.8 Å². The monoisotopic (exact) mass is 297 g/mol. The van der Waals surface area contributed by atoms with E-state index in [0.29, 0.717) is 25.1 Å². The maximum absolute atomic E-state index is 12.5. The second-order valence-electron chi connectivity index (χ2n) is 4.89. The van der Waals surface area contributed by atoms with E-state index in [4.69, 9.17) is 5.73 Å². The molecule has 110 valence electrons. The van der Waals surface area contributed by atoms with Crippen LogP contribution in [0.25, 0.3) is 0 Å². The summed E-state index contributed by atoms with van der Waals surface area (Å²) in [6.07, 6.45) is 1.40. The van der Waals surface area contributed by atoms with Crippen LogP contribution in [0.3, 0.4) is 0 Å². The van der Waals surface area contributed by atoms with E-state index in [1.807, 2.05) is 0 Å². The standard InChI is InChI=1S/C13H19N3O3S/c1-15-13(17)10-3-2-8-16(9-10)20(18,19)12-6-4-11(14)5-7-12/h4-7,10H,2-3,8-9,14H2,1H3,(H,15,17). The Morgan fingerprint density at radius 1 is 1.35 bits per heavy atom. The fraction of sp³-hybridized carbons (Fsp3) is 0.462. The third-order valence-corrected chi connectivity index (χ3v) is 5.40. The van der Waals surface area contributed by atoms with Gasteiger partial charge in [0.2, 0.25) is 15.9 Å². The number of carbonyl (C=O) groups excluding carboxylic acids is 1. The molecule has 0 saturated carbocycles. The maximum atomic E-state index is 12.5. The average Bonchev–Trinajstić information content (AvgIpc) is 2.47. The smallest absolute Gasteiger partial charge is 0.243 e. The molecule has 2 rings (SSSR count). The highest BCUT2D eigenvalue weighted by Gasteiger charge is 2.32. The van der Waals surface area contributed by atoms with Gasteiger partial charge in [-0.1, -0.05) is 0 Å². The number of nitrogens with one attached hydrogen (secondary N) is 1. The van der Waals surface area contributed by atoms with Gasteiger partial charge in [-0.15, -0.1) is 0 Å². The number of sulfonamides is 1. The predicted octanol–water partition coefficient (Wildman–Crippen LogP) is 0.416. The topological polar surface area (TPSA) is 92.5 Å². The molecule has 6 nitrogen and oxygen atoms in total. The second-order valence-corrected chi connectivity index (χ2v) is 6.82. The van der Waals surface area contributed by atoms with Crippen LogP contribution in [0, 0.1) is 5.92 Å². The molecule has 3 N–H and O–H groups in total. The number of hydrogen-bond donors (Lipinski definition) is 2. The molecule has 1 heterocycles. The van der Waals surface area contributed by atoms with Crippen LogP contribution in [0.2, 0.25) is 0 Å². The zero-order chi connectivity index (χ0) is 14.8. The van der Waals surface area contributed by atoms with E-state index in [1.165, 1.54) is 16.4 Å². The molecule has 1 aliphatic heterocycles. The fourth-order valence-corrected chi connectivity index (χ4v) is 3.89. The van der Waals surface area contributed by atoms with Crippen LogP contribution in [-0.4, -0.2) is 38.8 Å². The summed E-state index contributed by atoms with van der Waals surface area (Å²) in [7, 11) is -1.99. The predicted molar refractivity (Wildman–Crippen MR) is 76.4 cm³/mol. The molecule has 1 atom stereocenters. The van der Waals surface area contributed by atoms with Gasteiger partial charge in [0.05, 0.1) is 10.8 Å². The molecule has 1 amide bonds. The highest BCUT2D eigenvalue weighted by molar-refractivity contribution is 7.89. The summed E-state index contributed by atoms with van der Waals surface area (Å²) in [6.45, 7) is 0.673. The molecule has 0 spiro atoms. The Morgan fingerprint density at radius 2 is 2.00 bits per heavy atom. The molecule has 7 heteroatoms. The third-order valence-electron chi connectivity index (χ3n) is 3.52. The Morgan fingerprint density at radius 3 is 2.60 bits per heavy atom. The number of rotatable bonds is 3. The molecule has 1 aromatic rings. The van der Waals surface area contributed by atoms with Crippen molar-refractivity contribution in [3.05, 3.63) is 24.3 Å².